The zero-order chi connectivity index (χ0) is 16.6. The van der Waals surface area contributed by atoms with Gasteiger partial charge in [-0.25, -0.2) is 0 Å². The van der Waals surface area contributed by atoms with Gasteiger partial charge in [-0.1, -0.05) is 6.92 Å². The number of nitrogens with zero attached hydrogens (tertiary/aromatic N) is 1. The summed E-state index contributed by atoms with van der Waals surface area (Å²) in [6, 6.07) is 9.43. The van der Waals surface area contributed by atoms with Gasteiger partial charge in [-0.05, 0) is 69.0 Å². The van der Waals surface area contributed by atoms with Crippen LogP contribution in [0.15, 0.2) is 41.0 Å². The molecule has 0 saturated carbocycles. The summed E-state index contributed by atoms with van der Waals surface area (Å²) < 4.78 is 10.9. The summed E-state index contributed by atoms with van der Waals surface area (Å²) in [6.45, 7) is 9.00. The molecule has 2 aromatic rings. The van der Waals surface area contributed by atoms with Gasteiger partial charge in [-0.15, -0.1) is 0 Å². The Labute approximate surface area is 137 Å². The maximum absolute atomic E-state index is 13.0. The van der Waals surface area contributed by atoms with Gasteiger partial charge >= 0.3 is 0 Å². The first-order chi connectivity index (χ1) is 10.9. The molecule has 0 radical (unpaired) electrons. The molecule has 1 atom stereocenters. The molecule has 1 amide bonds. The molecule has 0 N–H and O–H groups in total. The Balaban J connectivity index is 2.08. The van der Waals surface area contributed by atoms with Crippen LogP contribution < -0.4 is 9.64 Å². The van der Waals surface area contributed by atoms with Crippen LogP contribution in [0.3, 0.4) is 0 Å². The molecule has 4 nitrogen and oxygen atoms in total. The van der Waals surface area contributed by atoms with Crippen molar-refractivity contribution in [3.8, 4) is 5.75 Å². The first-order valence-electron chi connectivity index (χ1n) is 8.09. The number of furan rings is 1. The van der Waals surface area contributed by atoms with E-state index in [9.17, 15) is 4.79 Å². The molecule has 0 fully saturated rings. The van der Waals surface area contributed by atoms with Crippen molar-refractivity contribution in [2.24, 2.45) is 0 Å². The minimum Gasteiger partial charge on any atom is -0.494 e. The van der Waals surface area contributed by atoms with Gasteiger partial charge in [0.1, 0.15) is 5.75 Å². The molecule has 1 aromatic carbocycles. The van der Waals surface area contributed by atoms with Crippen molar-refractivity contribution in [3.63, 3.8) is 0 Å². The summed E-state index contributed by atoms with van der Waals surface area (Å²) in [5, 5.41) is 0. The normalized spacial score (nSPS) is 19.3. The summed E-state index contributed by atoms with van der Waals surface area (Å²) in [4.78, 5) is 14.8. The third kappa shape index (κ3) is 2.74. The molecule has 0 spiro atoms. The van der Waals surface area contributed by atoms with Crippen molar-refractivity contribution >= 4 is 11.6 Å². The Kier molecular flexibility index (Phi) is 3.92. The molecule has 1 unspecified atom stereocenters. The van der Waals surface area contributed by atoms with Crippen LogP contribution in [0.4, 0.5) is 5.69 Å². The molecule has 3 rings (SSSR count). The van der Waals surface area contributed by atoms with E-state index in [0.29, 0.717) is 18.3 Å². The van der Waals surface area contributed by atoms with Crippen molar-refractivity contribution in [2.75, 3.05) is 11.5 Å². The van der Waals surface area contributed by atoms with E-state index in [1.54, 1.807) is 12.1 Å². The molecule has 2 heterocycles. The molecule has 23 heavy (non-hydrogen) atoms. The summed E-state index contributed by atoms with van der Waals surface area (Å²) in [5.41, 5.74) is 1.82. The molecule has 1 aliphatic rings. The minimum atomic E-state index is -0.274. The highest BCUT2D eigenvalue weighted by Crippen LogP contribution is 2.45. The third-order valence-corrected chi connectivity index (χ3v) is 4.43. The fourth-order valence-corrected chi connectivity index (χ4v) is 3.56. The van der Waals surface area contributed by atoms with E-state index < -0.39 is 0 Å². The van der Waals surface area contributed by atoms with Gasteiger partial charge in [-0.3, -0.25) is 9.69 Å². The number of carbonyl (C=O) groups is 1. The Hall–Kier alpha value is -2.23. The van der Waals surface area contributed by atoms with Crippen molar-refractivity contribution in [1.29, 1.82) is 0 Å². The van der Waals surface area contributed by atoms with Gasteiger partial charge in [0.25, 0.3) is 5.91 Å². The van der Waals surface area contributed by atoms with E-state index in [1.165, 1.54) is 6.26 Å². The highest BCUT2D eigenvalue weighted by atomic mass is 16.5. The highest BCUT2D eigenvalue weighted by Gasteiger charge is 2.41. The largest absolute Gasteiger partial charge is 0.494 e. The highest BCUT2D eigenvalue weighted by molar-refractivity contribution is 6.06. The van der Waals surface area contributed by atoms with E-state index in [1.807, 2.05) is 24.0 Å². The van der Waals surface area contributed by atoms with E-state index >= 15 is 0 Å². The molecular weight excluding hydrogens is 290 g/mol. The van der Waals surface area contributed by atoms with Crippen LogP contribution in [-0.2, 0) is 0 Å². The topological polar surface area (TPSA) is 42.7 Å². The molecule has 1 aliphatic heterocycles. The summed E-state index contributed by atoms with van der Waals surface area (Å²) in [5.74, 6) is 1.48. The average Bonchev–Trinajstić information content (AvgIpc) is 3.01. The predicted octanol–water partition coefficient (Wildman–Crippen LogP) is 4.61. The first-order valence-corrected chi connectivity index (χ1v) is 8.09. The number of fused-ring (bicyclic) bond motifs is 1. The molecular formula is C19H23NO3. The fraction of sp³-hybridized carbons (Fsp3) is 0.421. The van der Waals surface area contributed by atoms with Crippen LogP contribution in [0.1, 0.15) is 56.2 Å². The maximum Gasteiger partial charge on any atom is 0.294 e. The Bertz CT molecular complexity index is 703. The lowest BCUT2D eigenvalue weighted by Crippen LogP contribution is -2.51. The van der Waals surface area contributed by atoms with Crippen LogP contribution in [-0.4, -0.2) is 18.1 Å². The SMILES string of the molecule is CCOc1ccc2c(c1)C(C)CC(C)(C)N2C(=O)c1ccco1. The van der Waals surface area contributed by atoms with Gasteiger partial charge in [-0.2, -0.15) is 0 Å². The standard InChI is InChI=1S/C19H23NO3/c1-5-22-14-8-9-16-15(11-14)13(2)12-19(3,4)20(16)18(21)17-7-6-10-23-17/h6-11,13H,5,12H2,1-4H3. The zero-order valence-electron chi connectivity index (χ0n) is 14.1. The Morgan fingerprint density at radius 3 is 2.83 bits per heavy atom. The minimum absolute atomic E-state index is 0.0997. The molecule has 122 valence electrons. The van der Waals surface area contributed by atoms with E-state index in [4.69, 9.17) is 9.15 Å². The van der Waals surface area contributed by atoms with Crippen molar-refractivity contribution < 1.29 is 13.9 Å². The number of hydrogen-bond donors (Lipinski definition) is 0. The lowest BCUT2D eigenvalue weighted by molar-refractivity contribution is 0.0926. The maximum atomic E-state index is 13.0. The van der Waals surface area contributed by atoms with Gasteiger partial charge in [0.05, 0.1) is 12.9 Å². The molecule has 1 aromatic heterocycles. The number of rotatable bonds is 3. The number of benzene rings is 1. The van der Waals surface area contributed by atoms with E-state index in [-0.39, 0.29) is 11.4 Å². The zero-order valence-corrected chi connectivity index (χ0v) is 14.1. The lowest BCUT2D eigenvalue weighted by atomic mass is 9.80. The molecule has 4 heteroatoms. The molecule has 0 aliphatic carbocycles. The summed E-state index contributed by atoms with van der Waals surface area (Å²) >= 11 is 0. The van der Waals surface area contributed by atoms with Gasteiger partial charge in [0.15, 0.2) is 5.76 Å². The number of amides is 1. The smallest absolute Gasteiger partial charge is 0.294 e. The second-order valence-corrected chi connectivity index (χ2v) is 6.69. The predicted molar refractivity (Wildman–Crippen MR) is 90.2 cm³/mol. The van der Waals surface area contributed by atoms with E-state index in [0.717, 1.165) is 23.4 Å². The van der Waals surface area contributed by atoms with Crippen molar-refractivity contribution in [1.82, 2.24) is 0 Å². The van der Waals surface area contributed by atoms with Gasteiger partial charge in [0.2, 0.25) is 0 Å². The van der Waals surface area contributed by atoms with Crippen LogP contribution in [0.5, 0.6) is 5.75 Å². The van der Waals surface area contributed by atoms with Gasteiger partial charge < -0.3 is 9.15 Å². The summed E-state index contributed by atoms with van der Waals surface area (Å²) in [7, 11) is 0. The van der Waals surface area contributed by atoms with Crippen LogP contribution in [0.2, 0.25) is 0 Å². The Morgan fingerprint density at radius 2 is 2.17 bits per heavy atom. The van der Waals surface area contributed by atoms with Crippen molar-refractivity contribution in [3.05, 3.63) is 47.9 Å². The number of anilines is 1. The number of ether oxygens (including phenoxy) is 1. The lowest BCUT2D eigenvalue weighted by Gasteiger charge is -2.45. The monoisotopic (exact) mass is 313 g/mol. The second kappa shape index (κ2) is 5.76. The van der Waals surface area contributed by atoms with Crippen molar-refractivity contribution in [2.45, 2.75) is 45.6 Å². The van der Waals surface area contributed by atoms with E-state index in [2.05, 4.69) is 26.8 Å². The third-order valence-electron chi connectivity index (χ3n) is 4.43. The first kappa shape index (κ1) is 15.7. The Morgan fingerprint density at radius 1 is 1.39 bits per heavy atom. The fourth-order valence-electron chi connectivity index (χ4n) is 3.56. The summed E-state index contributed by atoms with van der Waals surface area (Å²) in [6.07, 6.45) is 2.42. The van der Waals surface area contributed by atoms with Gasteiger partial charge in [0, 0.05) is 11.2 Å². The average molecular weight is 313 g/mol. The van der Waals surface area contributed by atoms with Crippen LogP contribution in [0.25, 0.3) is 0 Å². The number of carbonyl (C=O) groups excluding carboxylic acids is 1. The van der Waals surface area contributed by atoms with Crippen LogP contribution in [0, 0.1) is 0 Å². The molecule has 0 bridgehead atoms. The molecule has 0 saturated heterocycles. The van der Waals surface area contributed by atoms with Crippen LogP contribution >= 0.6 is 0 Å². The number of hydrogen-bond acceptors (Lipinski definition) is 3. The quantitative estimate of drug-likeness (QED) is 0.831. The second-order valence-electron chi connectivity index (χ2n) is 6.69.